The molecule has 0 atom stereocenters. The summed E-state index contributed by atoms with van der Waals surface area (Å²) in [4.78, 5) is 24.2. The monoisotopic (exact) mass is 332 g/mol. The third-order valence-electron chi connectivity index (χ3n) is 4.22. The van der Waals surface area contributed by atoms with Gasteiger partial charge in [0.25, 0.3) is 5.69 Å². The fourth-order valence-corrected chi connectivity index (χ4v) is 2.83. The molecule has 0 unspecified atom stereocenters. The summed E-state index contributed by atoms with van der Waals surface area (Å²) in [6, 6.07) is 4.84. The van der Waals surface area contributed by atoms with E-state index < -0.39 is 4.92 Å². The van der Waals surface area contributed by atoms with Crippen molar-refractivity contribution in [2.45, 2.75) is 77.6 Å². The molecule has 0 radical (unpaired) electrons. The Morgan fingerprint density at radius 2 is 1.58 bits per heavy atom. The van der Waals surface area contributed by atoms with Crippen molar-refractivity contribution in [1.82, 2.24) is 0 Å². The second-order valence-corrected chi connectivity index (χ2v) is 6.22. The van der Waals surface area contributed by atoms with Crippen LogP contribution in [-0.4, -0.2) is 11.0 Å². The van der Waals surface area contributed by atoms with Crippen LogP contribution in [0.5, 0.6) is 0 Å². The number of carbonyl (C=O) groups excluding carboxylic acids is 1. The zero-order chi connectivity index (χ0) is 17.6. The van der Waals surface area contributed by atoms with E-state index >= 15 is 0 Å². The average Bonchev–Trinajstić information content (AvgIpc) is 2.57. The third-order valence-corrected chi connectivity index (χ3v) is 4.22. The number of aryl methyl sites for hydroxylation is 1. The Balaban J connectivity index is 2.24. The second kappa shape index (κ2) is 12.4. The molecule has 24 heavy (non-hydrogen) atoms. The number of nitro groups is 1. The SMILES string of the molecule is CCCCCCCCCCCCc1ccc(N=C=O)c([N+](=O)[O-])c1. The molecule has 0 spiro atoms. The van der Waals surface area contributed by atoms with Crippen molar-refractivity contribution in [2.24, 2.45) is 4.99 Å². The van der Waals surface area contributed by atoms with Crippen LogP contribution in [0.25, 0.3) is 0 Å². The molecule has 0 saturated heterocycles. The lowest BCUT2D eigenvalue weighted by molar-refractivity contribution is -0.384. The molecule has 0 aliphatic carbocycles. The van der Waals surface area contributed by atoms with E-state index in [0.29, 0.717) is 0 Å². The van der Waals surface area contributed by atoms with Gasteiger partial charge in [0, 0.05) is 6.07 Å². The van der Waals surface area contributed by atoms with Crippen LogP contribution < -0.4 is 0 Å². The molecule has 0 aliphatic heterocycles. The van der Waals surface area contributed by atoms with Crippen molar-refractivity contribution in [3.8, 4) is 0 Å². The molecule has 0 saturated carbocycles. The summed E-state index contributed by atoms with van der Waals surface area (Å²) in [5, 5.41) is 11.0. The van der Waals surface area contributed by atoms with Crippen molar-refractivity contribution in [2.75, 3.05) is 0 Å². The highest BCUT2D eigenvalue weighted by Crippen LogP contribution is 2.28. The van der Waals surface area contributed by atoms with Crippen molar-refractivity contribution in [3.63, 3.8) is 0 Å². The minimum Gasteiger partial charge on any atom is -0.258 e. The van der Waals surface area contributed by atoms with Gasteiger partial charge in [0.15, 0.2) is 5.69 Å². The van der Waals surface area contributed by atoms with Gasteiger partial charge in [-0.1, -0.05) is 70.8 Å². The number of unbranched alkanes of at least 4 members (excludes halogenated alkanes) is 9. The lowest BCUT2D eigenvalue weighted by Crippen LogP contribution is -1.92. The number of nitro benzene ring substituents is 1. The molecular weight excluding hydrogens is 304 g/mol. The maximum Gasteiger partial charge on any atom is 0.296 e. The van der Waals surface area contributed by atoms with Gasteiger partial charge in [0.1, 0.15) is 0 Å². The molecule has 1 rings (SSSR count). The molecule has 5 nitrogen and oxygen atoms in total. The topological polar surface area (TPSA) is 72.6 Å². The first-order valence-corrected chi connectivity index (χ1v) is 9.04. The summed E-state index contributed by atoms with van der Waals surface area (Å²) in [5.74, 6) is 0. The number of hydrogen-bond acceptors (Lipinski definition) is 4. The van der Waals surface area contributed by atoms with Gasteiger partial charge in [-0.15, -0.1) is 0 Å². The highest BCUT2D eigenvalue weighted by Gasteiger charge is 2.13. The average molecular weight is 332 g/mol. The van der Waals surface area contributed by atoms with Gasteiger partial charge in [-0.25, -0.2) is 4.79 Å². The van der Waals surface area contributed by atoms with E-state index in [-0.39, 0.29) is 11.4 Å². The minimum atomic E-state index is -0.502. The molecular formula is C19H28N2O3. The van der Waals surface area contributed by atoms with Crippen molar-refractivity contribution < 1.29 is 9.72 Å². The van der Waals surface area contributed by atoms with E-state index in [1.807, 2.05) is 0 Å². The zero-order valence-electron chi connectivity index (χ0n) is 14.6. The molecule has 5 heteroatoms. The number of aliphatic imine (C=N–C) groups is 1. The molecule has 1 aromatic rings. The largest absolute Gasteiger partial charge is 0.296 e. The Morgan fingerprint density at radius 1 is 1.00 bits per heavy atom. The Morgan fingerprint density at radius 3 is 2.12 bits per heavy atom. The molecule has 0 amide bonds. The van der Waals surface area contributed by atoms with Crippen LogP contribution in [0.4, 0.5) is 11.4 Å². The summed E-state index contributed by atoms with van der Waals surface area (Å²) in [6.07, 6.45) is 14.9. The van der Waals surface area contributed by atoms with Crippen molar-refractivity contribution >= 4 is 17.5 Å². The fraction of sp³-hybridized carbons (Fsp3) is 0.632. The van der Waals surface area contributed by atoms with E-state index in [9.17, 15) is 14.9 Å². The molecule has 132 valence electrons. The van der Waals surface area contributed by atoms with Gasteiger partial charge in [0.2, 0.25) is 6.08 Å². The Hall–Kier alpha value is -2.00. The molecule has 0 bridgehead atoms. The van der Waals surface area contributed by atoms with E-state index in [1.165, 1.54) is 69.6 Å². The van der Waals surface area contributed by atoms with Gasteiger partial charge < -0.3 is 0 Å². The number of isocyanates is 1. The first kappa shape index (κ1) is 20.0. The van der Waals surface area contributed by atoms with Crippen LogP contribution in [0.15, 0.2) is 23.2 Å². The summed E-state index contributed by atoms with van der Waals surface area (Å²) in [5.41, 5.74) is 0.871. The summed E-state index contributed by atoms with van der Waals surface area (Å²) in [7, 11) is 0. The Bertz CT molecular complexity index is 552. The Kier molecular flexibility index (Phi) is 10.4. The highest BCUT2D eigenvalue weighted by molar-refractivity contribution is 5.62. The summed E-state index contributed by atoms with van der Waals surface area (Å²) in [6.45, 7) is 2.23. The molecule has 1 aromatic carbocycles. The lowest BCUT2D eigenvalue weighted by atomic mass is 10.0. The number of nitrogens with zero attached hydrogens (tertiary/aromatic N) is 2. The molecule has 0 aromatic heterocycles. The van der Waals surface area contributed by atoms with E-state index in [4.69, 9.17) is 0 Å². The molecule has 0 heterocycles. The summed E-state index contributed by atoms with van der Waals surface area (Å²) < 4.78 is 0. The van der Waals surface area contributed by atoms with E-state index in [1.54, 1.807) is 6.07 Å². The first-order chi connectivity index (χ1) is 11.7. The van der Waals surface area contributed by atoms with Gasteiger partial charge >= 0.3 is 0 Å². The Labute approximate surface area is 144 Å². The normalized spacial score (nSPS) is 10.4. The van der Waals surface area contributed by atoms with E-state index in [0.717, 1.165) is 24.8 Å². The van der Waals surface area contributed by atoms with E-state index in [2.05, 4.69) is 11.9 Å². The molecule has 0 aliphatic rings. The summed E-state index contributed by atoms with van der Waals surface area (Å²) >= 11 is 0. The number of rotatable bonds is 13. The minimum absolute atomic E-state index is 0.0711. The van der Waals surface area contributed by atoms with Crippen molar-refractivity contribution in [3.05, 3.63) is 33.9 Å². The van der Waals surface area contributed by atoms with Crippen LogP contribution >= 0.6 is 0 Å². The molecule has 0 fully saturated rings. The maximum atomic E-state index is 11.0. The standard InChI is InChI=1S/C19H28N2O3/c1-2-3-4-5-6-7-8-9-10-11-12-17-13-14-18(20-16-22)19(15-17)21(23)24/h13-15H,2-12H2,1H3. The van der Waals surface area contributed by atoms with Crippen molar-refractivity contribution in [1.29, 1.82) is 0 Å². The smallest absolute Gasteiger partial charge is 0.258 e. The van der Waals surface area contributed by atoms with Gasteiger partial charge in [-0.2, -0.15) is 4.99 Å². The van der Waals surface area contributed by atoms with Crippen LogP contribution in [0.2, 0.25) is 0 Å². The first-order valence-electron chi connectivity index (χ1n) is 9.04. The molecule has 0 N–H and O–H groups in total. The highest BCUT2D eigenvalue weighted by atomic mass is 16.6. The van der Waals surface area contributed by atoms with Crippen LogP contribution in [0.3, 0.4) is 0 Å². The predicted molar refractivity (Wildman–Crippen MR) is 96.4 cm³/mol. The number of benzene rings is 1. The van der Waals surface area contributed by atoms with Crippen LogP contribution in [0, 0.1) is 10.1 Å². The van der Waals surface area contributed by atoms with Gasteiger partial charge in [-0.3, -0.25) is 10.1 Å². The van der Waals surface area contributed by atoms with Crippen LogP contribution in [-0.2, 0) is 11.2 Å². The third kappa shape index (κ3) is 8.02. The zero-order valence-corrected chi connectivity index (χ0v) is 14.6. The van der Waals surface area contributed by atoms with Gasteiger partial charge in [0.05, 0.1) is 4.92 Å². The lowest BCUT2D eigenvalue weighted by Gasteiger charge is -2.04. The fourth-order valence-electron chi connectivity index (χ4n) is 2.83. The van der Waals surface area contributed by atoms with Gasteiger partial charge in [-0.05, 0) is 24.5 Å². The maximum absolute atomic E-state index is 11.0. The number of hydrogen-bond donors (Lipinski definition) is 0. The van der Waals surface area contributed by atoms with Crippen LogP contribution in [0.1, 0.15) is 76.7 Å². The second-order valence-electron chi connectivity index (χ2n) is 6.22. The predicted octanol–water partition coefficient (Wildman–Crippen LogP) is 6.03. The quantitative estimate of drug-likeness (QED) is 0.146.